The zero-order valence-corrected chi connectivity index (χ0v) is 19.4. The van der Waals surface area contributed by atoms with Gasteiger partial charge in [0.15, 0.2) is 5.16 Å². The first kappa shape index (κ1) is 23.3. The number of benzene rings is 1. The van der Waals surface area contributed by atoms with Gasteiger partial charge in [-0.05, 0) is 45.0 Å². The summed E-state index contributed by atoms with van der Waals surface area (Å²) in [5.74, 6) is 0. The normalized spacial score (nSPS) is 17.5. The molecule has 0 atom stereocenters. The molecule has 3 rings (SSSR count). The van der Waals surface area contributed by atoms with E-state index in [2.05, 4.69) is 15.3 Å². The van der Waals surface area contributed by atoms with Crippen LogP contribution in [-0.2, 0) is 20.7 Å². The maximum absolute atomic E-state index is 12.3. The summed E-state index contributed by atoms with van der Waals surface area (Å²) in [6.45, 7) is 8.36. The Morgan fingerprint density at radius 3 is 2.32 bits per heavy atom. The highest BCUT2D eigenvalue weighted by atomic mass is 32.2. The number of hydrogen-bond donors (Lipinski definition) is 1. The minimum atomic E-state index is -0.611. The predicted octanol–water partition coefficient (Wildman–Crippen LogP) is 4.14. The summed E-state index contributed by atoms with van der Waals surface area (Å²) >= 11 is 1.47. The van der Waals surface area contributed by atoms with E-state index >= 15 is 0 Å². The highest BCUT2D eigenvalue weighted by Crippen LogP contribution is 2.38. The van der Waals surface area contributed by atoms with Gasteiger partial charge in [0.25, 0.3) is 0 Å². The summed E-state index contributed by atoms with van der Waals surface area (Å²) in [7, 11) is -0.611. The van der Waals surface area contributed by atoms with Crippen molar-refractivity contribution >= 4 is 31.0 Å². The minimum absolute atomic E-state index is 0.201. The standard InChI is InChI=1S/C22H28BN3O4S/c1-21(2)22(3,4)30-23(29-21)18(11-17-12-24-19(31-5)25-13-17)14-26-20(27)28-15-16-9-7-6-8-10-16/h6-13H,14-15H2,1-5H3,(H,26,27). The van der Waals surface area contributed by atoms with E-state index in [0.29, 0.717) is 5.16 Å². The van der Waals surface area contributed by atoms with Gasteiger partial charge in [0.1, 0.15) is 6.61 Å². The number of amides is 1. The summed E-state index contributed by atoms with van der Waals surface area (Å²) < 4.78 is 17.7. The molecular formula is C22H28BN3O4S. The van der Waals surface area contributed by atoms with Crippen LogP contribution in [-0.4, -0.2) is 47.2 Å². The van der Waals surface area contributed by atoms with Crippen molar-refractivity contribution in [2.75, 3.05) is 12.8 Å². The lowest BCUT2D eigenvalue weighted by Crippen LogP contribution is -2.41. The number of carbonyl (C=O) groups is 1. The van der Waals surface area contributed by atoms with E-state index in [0.717, 1.165) is 16.6 Å². The van der Waals surface area contributed by atoms with Crippen LogP contribution in [0.4, 0.5) is 4.79 Å². The van der Waals surface area contributed by atoms with E-state index in [4.69, 9.17) is 14.0 Å². The Balaban J connectivity index is 1.71. The quantitative estimate of drug-likeness (QED) is 0.393. The topological polar surface area (TPSA) is 82.6 Å². The molecule has 1 N–H and O–H groups in total. The summed E-state index contributed by atoms with van der Waals surface area (Å²) in [6, 6.07) is 9.53. The Labute approximate surface area is 188 Å². The Morgan fingerprint density at radius 2 is 1.74 bits per heavy atom. The van der Waals surface area contributed by atoms with Crippen LogP contribution in [0.3, 0.4) is 0 Å². The highest BCUT2D eigenvalue weighted by Gasteiger charge is 2.52. The zero-order chi connectivity index (χ0) is 22.5. The fourth-order valence-electron chi connectivity index (χ4n) is 2.87. The largest absolute Gasteiger partial charge is 0.492 e. The molecule has 1 amide bonds. The molecule has 2 heterocycles. The van der Waals surface area contributed by atoms with Crippen LogP contribution in [0.15, 0.2) is 53.4 Å². The molecule has 2 aromatic rings. The van der Waals surface area contributed by atoms with Crippen molar-refractivity contribution in [1.82, 2.24) is 15.3 Å². The van der Waals surface area contributed by atoms with Gasteiger partial charge in [0, 0.05) is 24.5 Å². The van der Waals surface area contributed by atoms with Crippen molar-refractivity contribution in [1.29, 1.82) is 0 Å². The van der Waals surface area contributed by atoms with E-state index in [-0.39, 0.29) is 13.2 Å². The third kappa shape index (κ3) is 6.09. The highest BCUT2D eigenvalue weighted by molar-refractivity contribution is 7.98. The number of carbonyl (C=O) groups excluding carboxylic acids is 1. The number of hydrogen-bond acceptors (Lipinski definition) is 7. The molecule has 1 saturated heterocycles. The van der Waals surface area contributed by atoms with E-state index in [1.807, 2.05) is 70.4 Å². The predicted molar refractivity (Wildman–Crippen MR) is 123 cm³/mol. The third-order valence-electron chi connectivity index (χ3n) is 5.39. The molecule has 0 saturated carbocycles. The average molecular weight is 441 g/mol. The average Bonchev–Trinajstić information content (AvgIpc) is 2.97. The van der Waals surface area contributed by atoms with Crippen LogP contribution in [0.25, 0.3) is 6.08 Å². The smallest absolute Gasteiger partial charge is 0.445 e. The van der Waals surface area contributed by atoms with Gasteiger partial charge in [-0.25, -0.2) is 14.8 Å². The van der Waals surface area contributed by atoms with Crippen LogP contribution in [0.1, 0.15) is 38.8 Å². The maximum Gasteiger partial charge on any atom is 0.492 e. The molecule has 1 aliphatic rings. The van der Waals surface area contributed by atoms with Crippen molar-refractivity contribution in [3.63, 3.8) is 0 Å². The lowest BCUT2D eigenvalue weighted by Gasteiger charge is -2.32. The molecule has 0 radical (unpaired) electrons. The molecule has 0 unspecified atom stereocenters. The van der Waals surface area contributed by atoms with Crippen molar-refractivity contribution in [2.24, 2.45) is 0 Å². The van der Waals surface area contributed by atoms with Crippen LogP contribution in [0.5, 0.6) is 0 Å². The lowest BCUT2D eigenvalue weighted by molar-refractivity contribution is 0.00578. The van der Waals surface area contributed by atoms with Crippen LogP contribution in [0.2, 0.25) is 0 Å². The molecule has 1 aromatic heterocycles. The van der Waals surface area contributed by atoms with Gasteiger partial charge in [0.05, 0.1) is 11.2 Å². The molecular weight excluding hydrogens is 413 g/mol. The molecule has 1 aliphatic heterocycles. The Morgan fingerprint density at radius 1 is 1.13 bits per heavy atom. The summed E-state index contributed by atoms with van der Waals surface area (Å²) in [4.78, 5) is 20.9. The van der Waals surface area contributed by atoms with Gasteiger partial charge in [-0.15, -0.1) is 0 Å². The van der Waals surface area contributed by atoms with Crippen LogP contribution >= 0.6 is 11.8 Å². The molecule has 0 bridgehead atoms. The van der Waals surface area contributed by atoms with Crippen LogP contribution < -0.4 is 5.32 Å². The molecule has 1 aromatic carbocycles. The van der Waals surface area contributed by atoms with Gasteiger partial charge < -0.3 is 19.4 Å². The van der Waals surface area contributed by atoms with Crippen molar-refractivity contribution in [2.45, 2.75) is 50.7 Å². The number of aromatic nitrogens is 2. The van der Waals surface area contributed by atoms with Crippen molar-refractivity contribution in [3.8, 4) is 0 Å². The molecule has 7 nitrogen and oxygen atoms in total. The van der Waals surface area contributed by atoms with Gasteiger partial charge in [-0.2, -0.15) is 0 Å². The van der Waals surface area contributed by atoms with Gasteiger partial charge in [-0.1, -0.05) is 48.2 Å². The van der Waals surface area contributed by atoms with Crippen molar-refractivity contribution < 1.29 is 18.8 Å². The molecule has 31 heavy (non-hydrogen) atoms. The Hall–Kier alpha value is -2.36. The third-order valence-corrected chi connectivity index (χ3v) is 5.96. The second-order valence-corrected chi connectivity index (χ2v) is 9.00. The summed E-state index contributed by atoms with van der Waals surface area (Å²) in [5, 5.41) is 3.48. The van der Waals surface area contributed by atoms with E-state index in [1.165, 1.54) is 11.8 Å². The first-order chi connectivity index (χ1) is 14.7. The summed E-state index contributed by atoms with van der Waals surface area (Å²) in [6.07, 6.45) is 6.76. The number of rotatable bonds is 7. The summed E-state index contributed by atoms with van der Waals surface area (Å²) in [5.41, 5.74) is 1.47. The number of ether oxygens (including phenoxy) is 1. The molecule has 0 spiro atoms. The maximum atomic E-state index is 12.3. The Kier molecular flexibility index (Phi) is 7.40. The second kappa shape index (κ2) is 9.85. The van der Waals surface area contributed by atoms with E-state index in [1.54, 1.807) is 12.4 Å². The number of nitrogens with zero attached hydrogens (tertiary/aromatic N) is 2. The molecule has 164 valence electrons. The van der Waals surface area contributed by atoms with Gasteiger partial charge in [-0.3, -0.25) is 0 Å². The molecule has 1 fully saturated rings. The van der Waals surface area contributed by atoms with Crippen molar-refractivity contribution in [3.05, 3.63) is 59.3 Å². The minimum Gasteiger partial charge on any atom is -0.445 e. The fourth-order valence-corrected chi connectivity index (χ4v) is 3.18. The monoisotopic (exact) mass is 441 g/mol. The number of thioether (sulfide) groups is 1. The Bertz CT molecular complexity index is 904. The van der Waals surface area contributed by atoms with E-state index in [9.17, 15) is 4.79 Å². The first-order valence-electron chi connectivity index (χ1n) is 10.1. The number of alkyl carbamates (subject to hydrolysis) is 1. The SMILES string of the molecule is CSc1ncc(C=C(CNC(=O)OCc2ccccc2)B2OC(C)(C)C(C)(C)O2)cn1. The molecule has 9 heteroatoms. The second-order valence-electron chi connectivity index (χ2n) is 8.23. The zero-order valence-electron chi connectivity index (χ0n) is 18.5. The molecule has 0 aliphatic carbocycles. The van der Waals surface area contributed by atoms with Gasteiger partial charge in [0.2, 0.25) is 0 Å². The fraction of sp³-hybridized carbons (Fsp3) is 0.409. The number of nitrogens with one attached hydrogen (secondary N) is 1. The van der Waals surface area contributed by atoms with E-state index < -0.39 is 24.4 Å². The lowest BCUT2D eigenvalue weighted by atomic mass is 9.77. The van der Waals surface area contributed by atoms with Crippen LogP contribution in [0, 0.1) is 0 Å². The van der Waals surface area contributed by atoms with Gasteiger partial charge >= 0.3 is 13.2 Å². The first-order valence-corrected chi connectivity index (χ1v) is 11.3.